The van der Waals surface area contributed by atoms with E-state index in [0.29, 0.717) is 37.8 Å². The van der Waals surface area contributed by atoms with Crippen molar-refractivity contribution in [3.05, 3.63) is 71.8 Å². The van der Waals surface area contributed by atoms with E-state index in [0.717, 1.165) is 10.5 Å². The lowest BCUT2D eigenvalue weighted by Gasteiger charge is -2.34. The molecule has 0 aliphatic carbocycles. The first-order chi connectivity index (χ1) is 33.1. The molecule has 1 heterocycles. The predicted molar refractivity (Wildman–Crippen MR) is 259 cm³/mol. The fourth-order valence-corrected chi connectivity index (χ4v) is 8.21. The van der Waals surface area contributed by atoms with Gasteiger partial charge in [0.15, 0.2) is 0 Å². The van der Waals surface area contributed by atoms with E-state index in [2.05, 4.69) is 21.3 Å². The van der Waals surface area contributed by atoms with Crippen LogP contribution in [0.3, 0.4) is 0 Å². The summed E-state index contributed by atoms with van der Waals surface area (Å²) in [7, 11) is 4.03. The second-order valence-electron chi connectivity index (χ2n) is 18.2. The van der Waals surface area contributed by atoms with Gasteiger partial charge in [-0.2, -0.15) is 0 Å². The number of hydrogen-bond donors (Lipinski definition) is 7. The highest BCUT2D eigenvalue weighted by Crippen LogP contribution is 2.23. The molecular formula is C50H74N8O12. The van der Waals surface area contributed by atoms with Crippen LogP contribution in [0.25, 0.3) is 0 Å². The minimum absolute atomic E-state index is 0.0148. The molecule has 386 valence electrons. The number of methoxy groups -OCH3 is 1. The van der Waals surface area contributed by atoms with Gasteiger partial charge in [0, 0.05) is 33.5 Å². The number of esters is 1. The van der Waals surface area contributed by atoms with Crippen molar-refractivity contribution < 1.29 is 58.1 Å². The first kappa shape index (κ1) is 57.9. The fourth-order valence-electron chi connectivity index (χ4n) is 8.21. The molecule has 0 radical (unpaired) electrons. The summed E-state index contributed by atoms with van der Waals surface area (Å²) in [6.07, 6.45) is -2.11. The van der Waals surface area contributed by atoms with Crippen molar-refractivity contribution in [2.45, 2.75) is 141 Å². The Morgan fingerprint density at radius 2 is 1.33 bits per heavy atom. The van der Waals surface area contributed by atoms with Crippen LogP contribution in [0.1, 0.15) is 90.7 Å². The number of aliphatic hydroxyl groups is 2. The lowest BCUT2D eigenvalue weighted by Crippen LogP contribution is -2.59. The topological polar surface area (TPSA) is 287 Å². The number of rotatable bonds is 27. The van der Waals surface area contributed by atoms with Crippen LogP contribution >= 0.6 is 0 Å². The zero-order chi connectivity index (χ0) is 52.2. The Bertz CT molecular complexity index is 2090. The maximum Gasteiger partial charge on any atom is 0.328 e. The quantitative estimate of drug-likeness (QED) is 0.0598. The summed E-state index contributed by atoms with van der Waals surface area (Å²) in [4.78, 5) is 124. The Hall–Kier alpha value is -6.41. The molecule has 1 aliphatic heterocycles. The third kappa shape index (κ3) is 16.9. The van der Waals surface area contributed by atoms with Crippen LogP contribution in [-0.2, 0) is 60.7 Å². The minimum atomic E-state index is -1.57. The number of benzene rings is 2. The number of nitrogens with one attached hydrogen (secondary N) is 4. The molecule has 1 fully saturated rings. The number of likely N-dealkylation sites (tertiary alicyclic amines) is 1. The van der Waals surface area contributed by atoms with Crippen molar-refractivity contribution >= 4 is 53.2 Å². The van der Waals surface area contributed by atoms with Crippen molar-refractivity contribution in [2.24, 2.45) is 17.6 Å². The van der Waals surface area contributed by atoms with Gasteiger partial charge in [-0.25, -0.2) is 4.79 Å². The van der Waals surface area contributed by atoms with Crippen LogP contribution in [0.5, 0.6) is 0 Å². The Labute approximate surface area is 410 Å². The van der Waals surface area contributed by atoms with Gasteiger partial charge >= 0.3 is 5.97 Å². The highest BCUT2D eigenvalue weighted by atomic mass is 16.5. The van der Waals surface area contributed by atoms with E-state index in [1.165, 1.54) is 37.9 Å². The molecule has 70 heavy (non-hydrogen) atoms. The maximum absolute atomic E-state index is 14.2. The molecular weight excluding hydrogens is 905 g/mol. The van der Waals surface area contributed by atoms with Gasteiger partial charge < -0.3 is 56.7 Å². The third-order valence-electron chi connectivity index (χ3n) is 13.1. The first-order valence-corrected chi connectivity index (χ1v) is 24.0. The van der Waals surface area contributed by atoms with Crippen molar-refractivity contribution in [2.75, 3.05) is 34.3 Å². The van der Waals surface area contributed by atoms with Gasteiger partial charge in [-0.1, -0.05) is 101 Å². The molecule has 0 spiro atoms. The minimum Gasteiger partial charge on any atom is -0.467 e. The van der Waals surface area contributed by atoms with Crippen LogP contribution in [0, 0.1) is 11.8 Å². The molecule has 8 N–H and O–H groups in total. The highest BCUT2D eigenvalue weighted by molar-refractivity contribution is 5.95. The molecule has 2 aromatic rings. The van der Waals surface area contributed by atoms with E-state index in [4.69, 9.17) is 10.5 Å². The number of likely N-dealkylation sites (N-methyl/N-ethyl adjacent to an activating group) is 2. The lowest BCUT2D eigenvalue weighted by molar-refractivity contribution is -0.154. The number of hydrogen-bond acceptors (Lipinski definition) is 12. The Kier molecular flexibility index (Phi) is 23.4. The third-order valence-corrected chi connectivity index (χ3v) is 13.1. The van der Waals surface area contributed by atoms with Gasteiger partial charge in [0.25, 0.3) is 0 Å². The summed E-state index contributed by atoms with van der Waals surface area (Å²) in [5, 5.41) is 32.2. The van der Waals surface area contributed by atoms with Gasteiger partial charge in [0.2, 0.25) is 47.3 Å². The monoisotopic (exact) mass is 979 g/mol. The van der Waals surface area contributed by atoms with Gasteiger partial charge in [-0.15, -0.1) is 0 Å². The largest absolute Gasteiger partial charge is 0.467 e. The molecule has 3 rings (SSSR count). The summed E-state index contributed by atoms with van der Waals surface area (Å²) in [5.74, 6) is -6.96. The average Bonchev–Trinajstić information content (AvgIpc) is 3.85. The molecule has 0 bridgehead atoms. The zero-order valence-corrected chi connectivity index (χ0v) is 41.7. The normalized spacial score (nSPS) is 17.2. The smallest absolute Gasteiger partial charge is 0.328 e. The van der Waals surface area contributed by atoms with Crippen molar-refractivity contribution in [3.8, 4) is 0 Å². The van der Waals surface area contributed by atoms with Crippen LogP contribution in [-0.4, -0.2) is 161 Å². The summed E-state index contributed by atoms with van der Waals surface area (Å²) in [6, 6.07) is 11.2. The second-order valence-corrected chi connectivity index (χ2v) is 18.2. The van der Waals surface area contributed by atoms with E-state index < -0.39 is 126 Å². The number of nitrogens with two attached hydrogens (primary N) is 1. The molecule has 20 nitrogen and oxygen atoms in total. The Morgan fingerprint density at radius 3 is 1.87 bits per heavy atom. The summed E-state index contributed by atoms with van der Waals surface area (Å²) >= 11 is 0. The number of amides is 8. The number of carbonyl (C=O) groups is 9. The van der Waals surface area contributed by atoms with E-state index in [1.807, 2.05) is 18.2 Å². The molecule has 1 aliphatic rings. The molecule has 0 saturated carbocycles. The zero-order valence-electron chi connectivity index (χ0n) is 41.7. The van der Waals surface area contributed by atoms with Crippen LogP contribution in [0.2, 0.25) is 0 Å². The van der Waals surface area contributed by atoms with Crippen molar-refractivity contribution in [1.82, 2.24) is 36.0 Å². The fraction of sp³-hybridized carbons (Fsp3) is 0.580. The van der Waals surface area contributed by atoms with Crippen molar-refractivity contribution in [1.29, 1.82) is 0 Å². The molecule has 10 atom stereocenters. The van der Waals surface area contributed by atoms with E-state index >= 15 is 0 Å². The van der Waals surface area contributed by atoms with Gasteiger partial charge in [0.05, 0.1) is 32.2 Å². The molecule has 0 aromatic heterocycles. The first-order valence-electron chi connectivity index (χ1n) is 24.0. The molecule has 20 heteroatoms. The summed E-state index contributed by atoms with van der Waals surface area (Å²) < 4.78 is 4.94. The number of primary amides is 1. The van der Waals surface area contributed by atoms with Crippen LogP contribution in [0.4, 0.5) is 0 Å². The molecule has 0 unspecified atom stereocenters. The van der Waals surface area contributed by atoms with Gasteiger partial charge in [-0.05, 0) is 55.6 Å². The SMILES string of the molecule is CC[C@H](C)[C@H](NC(=O)C[C@H](O)[C@H](Cc1ccccc1)NC(=O)[C@H](CCC(N)=O)N(C)C(=O)[C@@H](NC(=O)[C@H](C)O)[C@@H](C)CC)C(=O)NCC(=O)N(C)[C@H](Cc1ccccc1)C(=O)N1CCC[C@H]1C(=O)OC. The number of ether oxygens (including phenoxy) is 1. The molecule has 2 aromatic carbocycles. The Morgan fingerprint density at radius 1 is 0.757 bits per heavy atom. The number of carbonyl (C=O) groups excluding carboxylic acids is 9. The average molecular weight is 979 g/mol. The Balaban J connectivity index is 1.82. The summed E-state index contributed by atoms with van der Waals surface area (Å²) in [5.41, 5.74) is 6.90. The predicted octanol–water partition coefficient (Wildman–Crippen LogP) is 0.350. The lowest BCUT2D eigenvalue weighted by atomic mass is 9.95. The number of aliphatic hydroxyl groups excluding tert-OH is 2. The molecule has 8 amide bonds. The van der Waals surface area contributed by atoms with Gasteiger partial charge in [0.1, 0.15) is 36.3 Å². The maximum atomic E-state index is 14.2. The molecule has 1 saturated heterocycles. The van der Waals surface area contributed by atoms with Crippen LogP contribution < -0.4 is 27.0 Å². The van der Waals surface area contributed by atoms with Crippen LogP contribution in [0.15, 0.2) is 60.7 Å². The van der Waals surface area contributed by atoms with E-state index in [9.17, 15) is 53.4 Å². The van der Waals surface area contributed by atoms with E-state index in [-0.39, 0.29) is 25.7 Å². The number of nitrogens with zero attached hydrogens (tertiary/aromatic N) is 3. The van der Waals surface area contributed by atoms with Gasteiger partial charge in [-0.3, -0.25) is 38.4 Å². The second kappa shape index (κ2) is 28.3. The van der Waals surface area contributed by atoms with Crippen molar-refractivity contribution in [3.63, 3.8) is 0 Å². The standard InChI is InChI=1S/C50H74N8O12/c1-9-30(3)43(47(66)52-29-42(63)56(6)38(27-34-20-15-12-16-21-34)48(67)58-25-17-22-37(58)50(69)70-8)54-41(62)28-39(60)35(26-33-18-13-11-14-19-33)53-46(65)36(23-24-40(51)61)57(7)49(68)44(31(4)10-2)55-45(64)32(5)59/h11-16,18-21,30-32,35-39,43-44,59-60H,9-10,17,22-29H2,1-8H3,(H2,51,61)(H,52,66)(H,53,65)(H,54,62)(H,55,64)/t30-,31-,32-,35-,36-,37-,38+,39-,43-,44-/m0/s1. The highest BCUT2D eigenvalue weighted by Gasteiger charge is 2.41. The summed E-state index contributed by atoms with van der Waals surface area (Å²) in [6.45, 7) is 8.06. The van der Waals surface area contributed by atoms with E-state index in [1.54, 1.807) is 70.2 Å².